The molecule has 0 bridgehead atoms. The fourth-order valence-electron chi connectivity index (χ4n) is 1.27. The van der Waals surface area contributed by atoms with Crippen molar-refractivity contribution < 1.29 is 0 Å². The smallest absolute Gasteiger partial charge is 0.0777 e. The summed E-state index contributed by atoms with van der Waals surface area (Å²) >= 11 is 5.77. The number of halogens is 1. The molecule has 0 aliphatic heterocycles. The molecule has 0 atom stereocenters. The highest BCUT2D eigenvalue weighted by Gasteiger charge is 1.87. The molecule has 0 aliphatic rings. The number of aliphatic imine (C=N–C) groups is 1. The van der Waals surface area contributed by atoms with Gasteiger partial charge in [0.05, 0.1) is 11.9 Å². The number of hydrogen-bond acceptors (Lipinski definition) is 1. The Morgan fingerprint density at radius 2 is 1.65 bits per heavy atom. The zero-order chi connectivity index (χ0) is 11.9. The van der Waals surface area contributed by atoms with Crippen molar-refractivity contribution in [1.29, 1.82) is 0 Å². The number of benzene rings is 2. The number of nitrogens with zero attached hydrogens (tertiary/aromatic N) is 1. The minimum Gasteiger partial charge on any atom is -0.248 e. The van der Waals surface area contributed by atoms with Crippen LogP contribution in [-0.2, 0) is 0 Å². The summed E-state index contributed by atoms with van der Waals surface area (Å²) in [7, 11) is 0. The van der Waals surface area contributed by atoms with Crippen molar-refractivity contribution in [3.05, 3.63) is 65.2 Å². The molecule has 0 spiro atoms. The summed E-state index contributed by atoms with van der Waals surface area (Å²) in [4.78, 5) is 4.21. The van der Waals surface area contributed by atoms with Crippen LogP contribution < -0.4 is 0 Å². The molecule has 2 rings (SSSR count). The molecule has 2 heteroatoms. The highest BCUT2D eigenvalue weighted by atomic mass is 35.5. The van der Waals surface area contributed by atoms with Crippen LogP contribution >= 0.6 is 11.6 Å². The van der Waals surface area contributed by atoms with Crippen molar-refractivity contribution >= 4 is 23.5 Å². The molecule has 0 aromatic heterocycles. The van der Waals surface area contributed by atoms with Crippen LogP contribution in [0.5, 0.6) is 0 Å². The summed E-state index contributed by atoms with van der Waals surface area (Å²) in [5.41, 5.74) is 1.83. The quantitative estimate of drug-likeness (QED) is 0.525. The van der Waals surface area contributed by atoms with Crippen molar-refractivity contribution in [2.24, 2.45) is 4.99 Å². The standard InChI is InChI=1S/C15H10ClN/c16-14-8-10-15(11-9-14)17-12-4-7-13-5-2-1-3-6-13/h1-3,5-6,8-12H. The van der Waals surface area contributed by atoms with Crippen molar-refractivity contribution in [3.63, 3.8) is 0 Å². The van der Waals surface area contributed by atoms with Gasteiger partial charge >= 0.3 is 0 Å². The van der Waals surface area contributed by atoms with Gasteiger partial charge in [-0.2, -0.15) is 0 Å². The summed E-state index contributed by atoms with van der Waals surface area (Å²) in [5.74, 6) is 5.89. The van der Waals surface area contributed by atoms with E-state index in [0.717, 1.165) is 11.3 Å². The predicted molar refractivity (Wildman–Crippen MR) is 72.9 cm³/mol. The van der Waals surface area contributed by atoms with E-state index in [9.17, 15) is 0 Å². The zero-order valence-electron chi connectivity index (χ0n) is 9.10. The lowest BCUT2D eigenvalue weighted by atomic mass is 10.2. The first-order chi connectivity index (χ1) is 8.34. The average molecular weight is 240 g/mol. The summed E-state index contributed by atoms with van der Waals surface area (Å²) < 4.78 is 0. The second kappa shape index (κ2) is 5.89. The van der Waals surface area contributed by atoms with Gasteiger partial charge in [0.25, 0.3) is 0 Å². The van der Waals surface area contributed by atoms with Gasteiger partial charge in [-0.05, 0) is 42.3 Å². The second-order valence-electron chi connectivity index (χ2n) is 3.37. The number of hydrogen-bond donors (Lipinski definition) is 0. The number of rotatable bonds is 1. The van der Waals surface area contributed by atoms with E-state index >= 15 is 0 Å². The van der Waals surface area contributed by atoms with Gasteiger partial charge in [-0.25, -0.2) is 4.99 Å². The molecule has 0 saturated heterocycles. The highest BCUT2D eigenvalue weighted by molar-refractivity contribution is 6.30. The molecular formula is C15H10ClN. The van der Waals surface area contributed by atoms with Crippen LogP contribution in [0.2, 0.25) is 5.02 Å². The maximum Gasteiger partial charge on any atom is 0.0777 e. The van der Waals surface area contributed by atoms with Crippen LogP contribution in [0, 0.1) is 11.8 Å². The molecule has 17 heavy (non-hydrogen) atoms. The lowest BCUT2D eigenvalue weighted by molar-refractivity contribution is 1.54. The highest BCUT2D eigenvalue weighted by Crippen LogP contribution is 2.15. The maximum atomic E-state index is 5.77. The summed E-state index contributed by atoms with van der Waals surface area (Å²) in [6, 6.07) is 17.1. The molecule has 0 N–H and O–H groups in total. The predicted octanol–water partition coefficient (Wildman–Crippen LogP) is 4.09. The van der Waals surface area contributed by atoms with E-state index in [-0.39, 0.29) is 0 Å². The van der Waals surface area contributed by atoms with Gasteiger partial charge in [-0.1, -0.05) is 35.7 Å². The van der Waals surface area contributed by atoms with E-state index < -0.39 is 0 Å². The molecular weight excluding hydrogens is 230 g/mol. The minimum absolute atomic E-state index is 0.708. The largest absolute Gasteiger partial charge is 0.248 e. The summed E-state index contributed by atoms with van der Waals surface area (Å²) in [6.45, 7) is 0. The molecule has 0 radical (unpaired) electrons. The molecule has 0 heterocycles. The SMILES string of the molecule is Clc1ccc(N=CC#Cc2ccccc2)cc1. The van der Waals surface area contributed by atoms with Gasteiger partial charge in [0.15, 0.2) is 0 Å². The topological polar surface area (TPSA) is 12.4 Å². The summed E-state index contributed by atoms with van der Waals surface area (Å²) in [5, 5.41) is 0.708. The van der Waals surface area contributed by atoms with Gasteiger partial charge in [0, 0.05) is 10.6 Å². The van der Waals surface area contributed by atoms with E-state index in [4.69, 9.17) is 11.6 Å². The van der Waals surface area contributed by atoms with Crippen molar-refractivity contribution in [2.45, 2.75) is 0 Å². The molecule has 0 unspecified atom stereocenters. The van der Waals surface area contributed by atoms with E-state index in [1.54, 1.807) is 18.3 Å². The van der Waals surface area contributed by atoms with Crippen molar-refractivity contribution in [2.75, 3.05) is 0 Å². The Hall–Kier alpha value is -2.04. The van der Waals surface area contributed by atoms with E-state index in [1.165, 1.54) is 0 Å². The monoisotopic (exact) mass is 239 g/mol. The van der Waals surface area contributed by atoms with Crippen LogP contribution in [0.15, 0.2) is 59.6 Å². The van der Waals surface area contributed by atoms with E-state index in [2.05, 4.69) is 16.8 Å². The Morgan fingerprint density at radius 3 is 2.35 bits per heavy atom. The first-order valence-electron chi connectivity index (χ1n) is 5.19. The molecule has 0 fully saturated rings. The van der Waals surface area contributed by atoms with Crippen LogP contribution in [-0.4, -0.2) is 6.21 Å². The van der Waals surface area contributed by atoms with Crippen molar-refractivity contribution in [3.8, 4) is 11.8 Å². The molecule has 0 aliphatic carbocycles. The average Bonchev–Trinajstić information content (AvgIpc) is 2.38. The maximum absolute atomic E-state index is 5.77. The Labute approximate surface area is 106 Å². The molecule has 0 saturated carbocycles. The first kappa shape index (κ1) is 11.4. The fourth-order valence-corrected chi connectivity index (χ4v) is 1.40. The third-order valence-corrected chi connectivity index (χ3v) is 2.35. The van der Waals surface area contributed by atoms with Gasteiger partial charge in [0.2, 0.25) is 0 Å². The molecule has 1 nitrogen and oxygen atoms in total. The zero-order valence-corrected chi connectivity index (χ0v) is 9.85. The summed E-state index contributed by atoms with van der Waals surface area (Å²) in [6.07, 6.45) is 1.59. The molecule has 2 aromatic carbocycles. The lowest BCUT2D eigenvalue weighted by Gasteiger charge is -1.90. The van der Waals surface area contributed by atoms with Crippen LogP contribution in [0.25, 0.3) is 0 Å². The van der Waals surface area contributed by atoms with Crippen LogP contribution in [0.1, 0.15) is 5.56 Å². The van der Waals surface area contributed by atoms with Gasteiger partial charge in [-0.3, -0.25) is 0 Å². The fraction of sp³-hybridized carbons (Fsp3) is 0. The molecule has 2 aromatic rings. The van der Waals surface area contributed by atoms with Gasteiger partial charge in [-0.15, -0.1) is 0 Å². The van der Waals surface area contributed by atoms with Crippen molar-refractivity contribution in [1.82, 2.24) is 0 Å². The normalized spacial score (nSPS) is 9.94. The third kappa shape index (κ3) is 3.79. The lowest BCUT2D eigenvalue weighted by Crippen LogP contribution is -1.72. The van der Waals surface area contributed by atoms with E-state index in [0.29, 0.717) is 5.02 Å². The second-order valence-corrected chi connectivity index (χ2v) is 3.81. The van der Waals surface area contributed by atoms with Gasteiger partial charge < -0.3 is 0 Å². The third-order valence-electron chi connectivity index (χ3n) is 2.10. The first-order valence-corrected chi connectivity index (χ1v) is 5.57. The Bertz CT molecular complexity index is 559. The Balaban J connectivity index is 2.03. The van der Waals surface area contributed by atoms with Gasteiger partial charge in [0.1, 0.15) is 0 Å². The minimum atomic E-state index is 0.708. The Morgan fingerprint density at radius 1 is 0.941 bits per heavy atom. The molecule has 82 valence electrons. The van der Waals surface area contributed by atoms with Crippen LogP contribution in [0.4, 0.5) is 5.69 Å². The Kier molecular flexibility index (Phi) is 3.96. The molecule has 0 amide bonds. The van der Waals surface area contributed by atoms with E-state index in [1.807, 2.05) is 42.5 Å². The van der Waals surface area contributed by atoms with Crippen LogP contribution in [0.3, 0.4) is 0 Å².